The summed E-state index contributed by atoms with van der Waals surface area (Å²) in [7, 11) is 0. The van der Waals surface area contributed by atoms with Gasteiger partial charge in [-0.15, -0.1) is 0 Å². The van der Waals surface area contributed by atoms with E-state index in [1.807, 2.05) is 30.3 Å². The normalized spacial score (nSPS) is 11.6. The first kappa shape index (κ1) is 12.8. The van der Waals surface area contributed by atoms with Gasteiger partial charge in [0.25, 0.3) is 0 Å². The quantitative estimate of drug-likeness (QED) is 0.884. The Labute approximate surface area is 116 Å². The highest BCUT2D eigenvalue weighted by Gasteiger charge is 2.10. The summed E-state index contributed by atoms with van der Waals surface area (Å²) in [6.45, 7) is 0. The lowest BCUT2D eigenvalue weighted by atomic mass is 10.1. The Bertz CT molecular complexity index is 576. The van der Waals surface area contributed by atoms with Gasteiger partial charge in [0.05, 0.1) is 16.1 Å². The molecule has 1 N–H and O–H groups in total. The van der Waals surface area contributed by atoms with Crippen molar-refractivity contribution in [3.8, 4) is 6.07 Å². The number of anilines is 1. The Kier molecular flexibility index (Phi) is 4.09. The van der Waals surface area contributed by atoms with Gasteiger partial charge < -0.3 is 5.32 Å². The number of nitriles is 1. The standard InChI is InChI=1S/C14H10Cl2N2/c15-12-7-6-11(8-13(12)16)18-14(9-17)10-4-2-1-3-5-10/h1-8,14,18H. The second kappa shape index (κ2) is 5.77. The zero-order valence-corrected chi connectivity index (χ0v) is 10.9. The molecule has 0 aliphatic rings. The number of hydrogen-bond acceptors (Lipinski definition) is 2. The van der Waals surface area contributed by atoms with Crippen molar-refractivity contribution in [2.75, 3.05) is 5.32 Å². The lowest BCUT2D eigenvalue weighted by Crippen LogP contribution is -2.08. The van der Waals surface area contributed by atoms with Gasteiger partial charge >= 0.3 is 0 Å². The second-order valence-corrected chi connectivity index (χ2v) is 4.56. The molecule has 18 heavy (non-hydrogen) atoms. The van der Waals surface area contributed by atoms with Crippen LogP contribution in [0.25, 0.3) is 0 Å². The summed E-state index contributed by atoms with van der Waals surface area (Å²) >= 11 is 11.8. The Hall–Kier alpha value is -1.69. The van der Waals surface area contributed by atoms with Crippen LogP contribution in [0.2, 0.25) is 10.0 Å². The molecule has 0 saturated carbocycles. The molecule has 90 valence electrons. The van der Waals surface area contributed by atoms with E-state index in [0.717, 1.165) is 11.3 Å². The van der Waals surface area contributed by atoms with Gasteiger partial charge in [-0.05, 0) is 23.8 Å². The molecule has 2 aromatic carbocycles. The average Bonchev–Trinajstić information content (AvgIpc) is 2.41. The maximum Gasteiger partial charge on any atom is 0.140 e. The van der Waals surface area contributed by atoms with E-state index in [-0.39, 0.29) is 0 Å². The van der Waals surface area contributed by atoms with E-state index in [1.165, 1.54) is 0 Å². The van der Waals surface area contributed by atoms with Crippen molar-refractivity contribution in [1.82, 2.24) is 0 Å². The highest BCUT2D eigenvalue weighted by atomic mass is 35.5. The topological polar surface area (TPSA) is 35.8 Å². The smallest absolute Gasteiger partial charge is 0.140 e. The number of halogens is 2. The monoisotopic (exact) mass is 276 g/mol. The predicted molar refractivity (Wildman–Crippen MR) is 74.9 cm³/mol. The van der Waals surface area contributed by atoms with E-state index in [1.54, 1.807) is 18.2 Å². The number of nitrogens with zero attached hydrogens (tertiary/aromatic N) is 1. The molecule has 0 heterocycles. The summed E-state index contributed by atoms with van der Waals surface area (Å²) in [5.74, 6) is 0. The average molecular weight is 277 g/mol. The van der Waals surface area contributed by atoms with Crippen molar-refractivity contribution in [2.45, 2.75) is 6.04 Å². The first-order valence-corrected chi connectivity index (χ1v) is 6.12. The molecule has 2 rings (SSSR count). The van der Waals surface area contributed by atoms with Gasteiger partial charge in [0.2, 0.25) is 0 Å². The largest absolute Gasteiger partial charge is 0.366 e. The van der Waals surface area contributed by atoms with Crippen LogP contribution in [0, 0.1) is 11.3 Å². The summed E-state index contributed by atoms with van der Waals surface area (Å²) < 4.78 is 0. The molecule has 4 heteroatoms. The first-order chi connectivity index (χ1) is 8.70. The van der Waals surface area contributed by atoms with Crippen molar-refractivity contribution in [1.29, 1.82) is 5.26 Å². The summed E-state index contributed by atoms with van der Waals surface area (Å²) in [4.78, 5) is 0. The number of rotatable bonds is 3. The summed E-state index contributed by atoms with van der Waals surface area (Å²) in [6, 6.07) is 16.5. The summed E-state index contributed by atoms with van der Waals surface area (Å²) in [6.07, 6.45) is 0. The number of hydrogen-bond donors (Lipinski definition) is 1. The van der Waals surface area contributed by atoms with Gasteiger partial charge in [-0.1, -0.05) is 53.5 Å². The zero-order valence-electron chi connectivity index (χ0n) is 9.40. The van der Waals surface area contributed by atoms with Crippen LogP contribution in [-0.2, 0) is 0 Å². The molecule has 1 unspecified atom stereocenters. The second-order valence-electron chi connectivity index (χ2n) is 3.75. The fourth-order valence-electron chi connectivity index (χ4n) is 1.59. The maximum atomic E-state index is 9.19. The van der Waals surface area contributed by atoms with Crippen LogP contribution in [0.15, 0.2) is 48.5 Å². The fourth-order valence-corrected chi connectivity index (χ4v) is 1.89. The number of benzene rings is 2. The minimum atomic E-state index is -0.413. The third-order valence-electron chi connectivity index (χ3n) is 2.49. The Morgan fingerprint density at radius 2 is 1.72 bits per heavy atom. The molecular formula is C14H10Cl2N2. The van der Waals surface area contributed by atoms with E-state index < -0.39 is 6.04 Å². The van der Waals surface area contributed by atoms with E-state index in [9.17, 15) is 5.26 Å². The van der Waals surface area contributed by atoms with Crippen LogP contribution >= 0.6 is 23.2 Å². The Morgan fingerprint density at radius 1 is 1.00 bits per heavy atom. The molecule has 1 atom stereocenters. The van der Waals surface area contributed by atoms with Gasteiger partial charge in [0.1, 0.15) is 6.04 Å². The van der Waals surface area contributed by atoms with E-state index >= 15 is 0 Å². The van der Waals surface area contributed by atoms with Crippen molar-refractivity contribution < 1.29 is 0 Å². The van der Waals surface area contributed by atoms with Crippen LogP contribution in [0.5, 0.6) is 0 Å². The van der Waals surface area contributed by atoms with Crippen LogP contribution in [-0.4, -0.2) is 0 Å². The van der Waals surface area contributed by atoms with Gasteiger partial charge in [-0.2, -0.15) is 5.26 Å². The molecule has 2 aromatic rings. The molecular weight excluding hydrogens is 267 g/mol. The molecule has 0 spiro atoms. The van der Waals surface area contributed by atoms with E-state index in [0.29, 0.717) is 10.0 Å². The van der Waals surface area contributed by atoms with Crippen LogP contribution < -0.4 is 5.32 Å². The maximum absolute atomic E-state index is 9.19. The van der Waals surface area contributed by atoms with Crippen molar-refractivity contribution in [3.05, 3.63) is 64.1 Å². The minimum Gasteiger partial charge on any atom is -0.366 e. The molecule has 0 radical (unpaired) electrons. The third-order valence-corrected chi connectivity index (χ3v) is 3.23. The van der Waals surface area contributed by atoms with Gasteiger partial charge in [0.15, 0.2) is 0 Å². The Morgan fingerprint density at radius 3 is 2.33 bits per heavy atom. The zero-order chi connectivity index (χ0) is 13.0. The molecule has 0 aromatic heterocycles. The van der Waals surface area contributed by atoms with Crippen LogP contribution in [0.3, 0.4) is 0 Å². The van der Waals surface area contributed by atoms with Gasteiger partial charge in [0, 0.05) is 5.69 Å². The summed E-state index contributed by atoms with van der Waals surface area (Å²) in [5, 5.41) is 13.3. The van der Waals surface area contributed by atoms with Crippen LogP contribution in [0.1, 0.15) is 11.6 Å². The molecule has 0 bridgehead atoms. The highest BCUT2D eigenvalue weighted by molar-refractivity contribution is 6.42. The summed E-state index contributed by atoms with van der Waals surface area (Å²) in [5.41, 5.74) is 1.67. The fraction of sp³-hybridized carbons (Fsp3) is 0.0714. The highest BCUT2D eigenvalue weighted by Crippen LogP contribution is 2.27. The van der Waals surface area contributed by atoms with Gasteiger partial charge in [-0.25, -0.2) is 0 Å². The molecule has 2 nitrogen and oxygen atoms in total. The van der Waals surface area contributed by atoms with Crippen LogP contribution in [0.4, 0.5) is 5.69 Å². The SMILES string of the molecule is N#CC(Nc1ccc(Cl)c(Cl)c1)c1ccccc1. The van der Waals surface area contributed by atoms with Crippen molar-refractivity contribution in [2.24, 2.45) is 0 Å². The predicted octanol–water partition coefficient (Wildman–Crippen LogP) is 4.67. The van der Waals surface area contributed by atoms with E-state index in [4.69, 9.17) is 23.2 Å². The third kappa shape index (κ3) is 2.95. The lowest BCUT2D eigenvalue weighted by Gasteiger charge is -2.13. The minimum absolute atomic E-state index is 0.413. The molecule has 0 aliphatic carbocycles. The first-order valence-electron chi connectivity index (χ1n) is 5.37. The molecule has 0 fully saturated rings. The Balaban J connectivity index is 2.21. The lowest BCUT2D eigenvalue weighted by molar-refractivity contribution is 0.998. The molecule has 0 aliphatic heterocycles. The molecule has 0 amide bonds. The number of nitrogens with one attached hydrogen (secondary N) is 1. The van der Waals surface area contributed by atoms with Gasteiger partial charge in [-0.3, -0.25) is 0 Å². The van der Waals surface area contributed by atoms with Crippen molar-refractivity contribution in [3.63, 3.8) is 0 Å². The van der Waals surface area contributed by atoms with E-state index in [2.05, 4.69) is 11.4 Å². The molecule has 0 saturated heterocycles. The van der Waals surface area contributed by atoms with Crippen molar-refractivity contribution >= 4 is 28.9 Å².